The van der Waals surface area contributed by atoms with Gasteiger partial charge in [-0.2, -0.15) is 20.4 Å². The number of thioether (sulfide) groups is 1. The zero-order valence-corrected chi connectivity index (χ0v) is 14.2. The van der Waals surface area contributed by atoms with E-state index < -0.39 is 23.6 Å². The van der Waals surface area contributed by atoms with Gasteiger partial charge >= 0.3 is 0 Å². The van der Waals surface area contributed by atoms with Crippen LogP contribution in [0.4, 0.5) is 5.69 Å². The lowest BCUT2D eigenvalue weighted by Gasteiger charge is -2.18. The van der Waals surface area contributed by atoms with Crippen LogP contribution >= 0.6 is 11.8 Å². The minimum Gasteiger partial charge on any atom is -0.325 e. The third-order valence-electron chi connectivity index (χ3n) is 3.55. The van der Waals surface area contributed by atoms with Gasteiger partial charge in [0.05, 0.1) is 5.69 Å². The van der Waals surface area contributed by atoms with E-state index in [2.05, 4.69) is 31.0 Å². The highest BCUT2D eigenvalue weighted by atomic mass is 32.2. The molecule has 0 fully saturated rings. The number of aromatic nitrogens is 3. The number of anilines is 1. The Bertz CT molecular complexity index is 874. The number of aryl methyl sites for hydroxylation is 1. The maximum absolute atomic E-state index is 12.3. The Balaban J connectivity index is 1.73. The number of amides is 3. The third-order valence-corrected chi connectivity index (χ3v) is 4.13. The van der Waals surface area contributed by atoms with Crippen LogP contribution in [0.15, 0.2) is 29.3 Å². The lowest BCUT2D eigenvalue weighted by Crippen LogP contribution is -2.48. The fourth-order valence-corrected chi connectivity index (χ4v) is 2.68. The second-order valence-corrected chi connectivity index (χ2v) is 6.00. The van der Waals surface area contributed by atoms with E-state index in [0.717, 1.165) is 23.0 Å². The number of carbonyl (C=O) groups is 3. The Morgan fingerprint density at radius 1 is 1.20 bits per heavy atom. The lowest BCUT2D eigenvalue weighted by atomic mass is 10.1. The van der Waals surface area contributed by atoms with Crippen molar-refractivity contribution in [1.82, 2.24) is 20.7 Å². The molecule has 3 amide bonds. The quantitative estimate of drug-likeness (QED) is 0.693. The number of H-pyrrole nitrogens is 1. The second kappa shape index (κ2) is 6.85. The van der Waals surface area contributed by atoms with E-state index in [1.165, 1.54) is 0 Å². The van der Waals surface area contributed by atoms with Crippen LogP contribution in [0.5, 0.6) is 0 Å². The minimum atomic E-state index is -1.49. The van der Waals surface area contributed by atoms with Gasteiger partial charge in [0.15, 0.2) is 11.1 Å². The average molecular weight is 358 g/mol. The molecule has 1 aliphatic rings. The molecule has 0 spiro atoms. The Labute approximate surface area is 146 Å². The van der Waals surface area contributed by atoms with Gasteiger partial charge in [0.1, 0.15) is 5.69 Å². The largest absolute Gasteiger partial charge is 0.325 e. The first kappa shape index (κ1) is 16.8. The summed E-state index contributed by atoms with van der Waals surface area (Å²) in [6.45, 7) is 1.82. The van der Waals surface area contributed by atoms with Gasteiger partial charge < -0.3 is 10.6 Å². The van der Waals surface area contributed by atoms with Gasteiger partial charge in [-0.05, 0) is 25.3 Å². The van der Waals surface area contributed by atoms with Crippen LogP contribution in [0.1, 0.15) is 5.69 Å². The van der Waals surface area contributed by atoms with Crippen LogP contribution in [0, 0.1) is 12.8 Å². The molecular weight excluding hydrogens is 344 g/mol. The maximum Gasteiger partial charge on any atom is 0.270 e. The van der Waals surface area contributed by atoms with Crippen molar-refractivity contribution < 1.29 is 14.4 Å². The topological polar surface area (TPSA) is 129 Å². The van der Waals surface area contributed by atoms with Gasteiger partial charge in [0.25, 0.3) is 5.91 Å². The third kappa shape index (κ3) is 3.43. The zero-order valence-electron chi connectivity index (χ0n) is 13.4. The number of amidine groups is 1. The van der Waals surface area contributed by atoms with E-state index in [0.29, 0.717) is 11.4 Å². The highest BCUT2D eigenvalue weighted by molar-refractivity contribution is 8.13. The first-order valence-electron chi connectivity index (χ1n) is 7.25. The molecule has 2 aromatic rings. The molecule has 3 N–H and O–H groups in total. The first-order valence-corrected chi connectivity index (χ1v) is 8.48. The van der Waals surface area contributed by atoms with Crippen LogP contribution in [-0.2, 0) is 14.4 Å². The van der Waals surface area contributed by atoms with Gasteiger partial charge in [-0.3, -0.25) is 14.4 Å². The van der Waals surface area contributed by atoms with Gasteiger partial charge in [0.2, 0.25) is 11.8 Å². The smallest absolute Gasteiger partial charge is 0.270 e. The second-order valence-electron chi connectivity index (χ2n) is 5.21. The molecule has 9 nitrogen and oxygen atoms in total. The number of rotatable bonds is 3. The molecule has 25 heavy (non-hydrogen) atoms. The first-order chi connectivity index (χ1) is 12.0. The maximum atomic E-state index is 12.3. The Morgan fingerprint density at radius 2 is 1.92 bits per heavy atom. The van der Waals surface area contributed by atoms with Crippen molar-refractivity contribution in [2.24, 2.45) is 10.9 Å². The van der Waals surface area contributed by atoms with Crippen molar-refractivity contribution in [3.63, 3.8) is 0 Å². The van der Waals surface area contributed by atoms with E-state index in [1.807, 2.05) is 6.92 Å². The van der Waals surface area contributed by atoms with Gasteiger partial charge in [-0.15, -0.1) is 0 Å². The number of aromatic amines is 1. The molecule has 128 valence electrons. The zero-order chi connectivity index (χ0) is 18.0. The molecule has 0 saturated carbocycles. The van der Waals surface area contributed by atoms with Crippen molar-refractivity contribution in [2.45, 2.75) is 6.92 Å². The Kier molecular flexibility index (Phi) is 4.61. The number of nitrogens with zero attached hydrogens (tertiary/aromatic N) is 3. The Hall–Kier alpha value is -3.01. The van der Waals surface area contributed by atoms with Crippen molar-refractivity contribution >= 4 is 40.3 Å². The summed E-state index contributed by atoms with van der Waals surface area (Å²) in [6, 6.07) is 6.83. The summed E-state index contributed by atoms with van der Waals surface area (Å²) in [5.74, 6) is -3.68. The van der Waals surface area contributed by atoms with Crippen molar-refractivity contribution in [1.29, 1.82) is 0 Å². The molecule has 10 heteroatoms. The molecule has 0 aliphatic carbocycles. The van der Waals surface area contributed by atoms with Gasteiger partial charge in [0, 0.05) is 11.3 Å². The molecular formula is C15H14N6O3S. The van der Waals surface area contributed by atoms with E-state index in [-0.39, 0.29) is 5.17 Å². The minimum absolute atomic E-state index is 0.186. The Morgan fingerprint density at radius 3 is 2.48 bits per heavy atom. The molecule has 2 heterocycles. The monoisotopic (exact) mass is 358 g/mol. The van der Waals surface area contributed by atoms with Gasteiger partial charge in [-0.1, -0.05) is 23.9 Å². The number of aliphatic imine (C=N–C) groups is 1. The van der Waals surface area contributed by atoms with Crippen LogP contribution in [0.2, 0.25) is 0 Å². The molecule has 0 radical (unpaired) electrons. The lowest BCUT2D eigenvalue weighted by molar-refractivity contribution is -0.139. The van der Waals surface area contributed by atoms with Crippen LogP contribution in [0.3, 0.4) is 0 Å². The van der Waals surface area contributed by atoms with E-state index >= 15 is 0 Å². The molecule has 1 aromatic heterocycles. The number of carbonyl (C=O) groups excluding carboxylic acids is 3. The summed E-state index contributed by atoms with van der Waals surface area (Å²) < 4.78 is 0. The van der Waals surface area contributed by atoms with E-state index in [4.69, 9.17) is 0 Å². The number of benzene rings is 1. The van der Waals surface area contributed by atoms with E-state index in [1.54, 1.807) is 30.5 Å². The predicted octanol–water partition coefficient (Wildman–Crippen LogP) is 0.710. The standard InChI is InChI=1S/C15H14N6O3S/c1-7-11(20-21-19-7)8-3-5-9(6-4-8)16-12(22)10-13(23)17-15(25-2)18-14(10)24/h3-6,10H,1-2H3,(H,16,22)(H,19,20,21)(H,17,18,23,24). The molecule has 1 atom stereocenters. The van der Waals surface area contributed by atoms with Crippen molar-refractivity contribution in [3.05, 3.63) is 30.0 Å². The van der Waals surface area contributed by atoms with Gasteiger partial charge in [-0.25, -0.2) is 0 Å². The fourth-order valence-electron chi connectivity index (χ4n) is 2.29. The van der Waals surface area contributed by atoms with Crippen LogP contribution in [0.25, 0.3) is 11.3 Å². The number of hydrogen-bond donors (Lipinski definition) is 3. The molecule has 0 bridgehead atoms. The average Bonchev–Trinajstić information content (AvgIpc) is 3.01. The fraction of sp³-hybridized carbons (Fsp3) is 0.200. The molecule has 1 aliphatic heterocycles. The summed E-state index contributed by atoms with van der Waals surface area (Å²) in [5.41, 5.74) is 2.74. The van der Waals surface area contributed by atoms with Crippen molar-refractivity contribution in [2.75, 3.05) is 11.6 Å². The normalized spacial score (nSPS) is 17.0. The summed E-state index contributed by atoms with van der Waals surface area (Å²) in [4.78, 5) is 39.8. The number of hydrogen-bond acceptors (Lipinski definition) is 6. The number of nitrogens with one attached hydrogen (secondary N) is 3. The van der Waals surface area contributed by atoms with Crippen molar-refractivity contribution in [3.8, 4) is 11.3 Å². The SMILES string of the molecule is CSC1=NC(=O)C(C(=O)Nc2ccc(-c3n[nH]nc3C)cc2)C(=O)N1. The summed E-state index contributed by atoms with van der Waals surface area (Å²) in [6.07, 6.45) is 1.67. The van der Waals surface area contributed by atoms with Crippen LogP contribution < -0.4 is 10.6 Å². The van der Waals surface area contributed by atoms with E-state index in [9.17, 15) is 14.4 Å². The molecule has 1 aromatic carbocycles. The molecule has 3 rings (SSSR count). The van der Waals surface area contributed by atoms with Crippen LogP contribution in [-0.4, -0.2) is 44.6 Å². The predicted molar refractivity (Wildman–Crippen MR) is 92.8 cm³/mol. The summed E-state index contributed by atoms with van der Waals surface area (Å²) in [5, 5.41) is 15.7. The molecule has 0 saturated heterocycles. The highest BCUT2D eigenvalue weighted by Crippen LogP contribution is 2.21. The molecule has 1 unspecified atom stereocenters. The summed E-state index contributed by atoms with van der Waals surface area (Å²) >= 11 is 1.12. The highest BCUT2D eigenvalue weighted by Gasteiger charge is 2.38. The summed E-state index contributed by atoms with van der Waals surface area (Å²) in [7, 11) is 0.